The van der Waals surface area contributed by atoms with Crippen LogP contribution in [0.4, 0.5) is 0 Å². The summed E-state index contributed by atoms with van der Waals surface area (Å²) < 4.78 is 13.3. The molecule has 0 atom stereocenters. The molecule has 0 unspecified atom stereocenters. The predicted molar refractivity (Wildman–Crippen MR) is 117 cm³/mol. The Balaban J connectivity index is 1.57. The van der Waals surface area contributed by atoms with E-state index in [1.807, 2.05) is 62.6 Å². The molecule has 0 saturated carbocycles. The van der Waals surface area contributed by atoms with E-state index in [2.05, 4.69) is 10.3 Å². The van der Waals surface area contributed by atoms with Crippen LogP contribution in [0.3, 0.4) is 0 Å². The molecule has 0 aliphatic carbocycles. The van der Waals surface area contributed by atoms with Gasteiger partial charge in [-0.1, -0.05) is 6.07 Å². The summed E-state index contributed by atoms with van der Waals surface area (Å²) in [6.07, 6.45) is 6.14. The van der Waals surface area contributed by atoms with Gasteiger partial charge in [-0.3, -0.25) is 9.20 Å². The van der Waals surface area contributed by atoms with E-state index in [-0.39, 0.29) is 5.91 Å². The quantitative estimate of drug-likeness (QED) is 0.535. The summed E-state index contributed by atoms with van der Waals surface area (Å²) in [7, 11) is 0. The van der Waals surface area contributed by atoms with Crippen LogP contribution < -0.4 is 14.8 Å². The lowest BCUT2D eigenvalue weighted by Crippen LogP contribution is -2.23. The first-order valence-electron chi connectivity index (χ1n) is 9.81. The minimum absolute atomic E-state index is 0.123. The molecule has 6 nitrogen and oxygen atoms in total. The van der Waals surface area contributed by atoms with Crippen LogP contribution in [0.2, 0.25) is 0 Å². The number of ether oxygens (including phenoxy) is 2. The molecule has 0 fully saturated rings. The highest BCUT2D eigenvalue weighted by atomic mass is 32.1. The van der Waals surface area contributed by atoms with E-state index >= 15 is 0 Å². The van der Waals surface area contributed by atoms with Crippen LogP contribution in [-0.4, -0.2) is 35.1 Å². The zero-order valence-electron chi connectivity index (χ0n) is 17.3. The number of benzene rings is 1. The van der Waals surface area contributed by atoms with Crippen LogP contribution >= 0.6 is 11.3 Å². The summed E-state index contributed by atoms with van der Waals surface area (Å²) in [5.74, 6) is 1.36. The molecule has 0 aliphatic rings. The molecule has 0 aliphatic heterocycles. The zero-order chi connectivity index (χ0) is 20.8. The van der Waals surface area contributed by atoms with Gasteiger partial charge in [-0.25, -0.2) is 4.98 Å². The number of nitrogens with one attached hydrogen (secondary N) is 1. The Morgan fingerprint density at radius 1 is 1.21 bits per heavy atom. The van der Waals surface area contributed by atoms with Crippen molar-refractivity contribution in [3.05, 3.63) is 52.3 Å². The molecule has 1 N–H and O–H groups in total. The van der Waals surface area contributed by atoms with Crippen LogP contribution in [0, 0.1) is 13.8 Å². The smallest absolute Gasteiger partial charge is 0.244 e. The number of rotatable bonds is 9. The minimum Gasteiger partial charge on any atom is -0.490 e. The normalized spacial score (nSPS) is 11.3. The maximum atomic E-state index is 12.2. The first-order valence-corrected chi connectivity index (χ1v) is 10.6. The fourth-order valence-electron chi connectivity index (χ4n) is 3.08. The van der Waals surface area contributed by atoms with Gasteiger partial charge < -0.3 is 14.8 Å². The standard InChI is InChI=1S/C22H27N3O3S/c1-5-27-19-9-7-17(13-20(19)28-6-2)11-12-23-21(26)10-8-18-16(4)24-22-25(18)14-15(3)29-22/h7-10,13-14H,5-6,11-12H2,1-4H3,(H,23,26)/b10-8+. The van der Waals surface area contributed by atoms with E-state index in [0.717, 1.165) is 33.4 Å². The molecule has 1 amide bonds. The molecule has 154 valence electrons. The van der Waals surface area contributed by atoms with Crippen molar-refractivity contribution in [3.8, 4) is 11.5 Å². The van der Waals surface area contributed by atoms with Crippen molar-refractivity contribution >= 4 is 28.3 Å². The average Bonchev–Trinajstić information content (AvgIpc) is 3.17. The van der Waals surface area contributed by atoms with E-state index in [1.54, 1.807) is 17.4 Å². The number of hydrogen-bond donors (Lipinski definition) is 1. The Morgan fingerprint density at radius 3 is 2.72 bits per heavy atom. The lowest BCUT2D eigenvalue weighted by molar-refractivity contribution is -0.116. The SMILES string of the molecule is CCOc1ccc(CCNC(=O)/C=C/c2c(C)nc3sc(C)cn23)cc1OCC. The van der Waals surface area contributed by atoms with E-state index in [9.17, 15) is 4.79 Å². The summed E-state index contributed by atoms with van der Waals surface area (Å²) >= 11 is 1.64. The molecular weight excluding hydrogens is 386 g/mol. The van der Waals surface area contributed by atoms with Gasteiger partial charge in [0.05, 0.1) is 24.6 Å². The van der Waals surface area contributed by atoms with Crippen LogP contribution in [0.15, 0.2) is 30.5 Å². The Hall–Kier alpha value is -2.80. The molecule has 3 rings (SSSR count). The number of aryl methyl sites for hydroxylation is 2. The van der Waals surface area contributed by atoms with Crippen molar-refractivity contribution < 1.29 is 14.3 Å². The summed E-state index contributed by atoms with van der Waals surface area (Å²) in [6.45, 7) is 9.61. The van der Waals surface area contributed by atoms with Gasteiger partial charge in [0.15, 0.2) is 16.5 Å². The molecular formula is C22H27N3O3S. The third-order valence-electron chi connectivity index (χ3n) is 4.38. The number of nitrogens with zero attached hydrogens (tertiary/aromatic N) is 2. The van der Waals surface area contributed by atoms with E-state index in [0.29, 0.717) is 26.2 Å². The highest BCUT2D eigenvalue weighted by Gasteiger charge is 2.09. The molecule has 1 aromatic carbocycles. The van der Waals surface area contributed by atoms with Gasteiger partial charge in [0, 0.05) is 23.7 Å². The Kier molecular flexibility index (Phi) is 6.93. The monoisotopic (exact) mass is 413 g/mol. The second-order valence-electron chi connectivity index (χ2n) is 6.60. The third kappa shape index (κ3) is 5.17. The first-order chi connectivity index (χ1) is 14.0. The second kappa shape index (κ2) is 9.60. The lowest BCUT2D eigenvalue weighted by atomic mass is 10.1. The van der Waals surface area contributed by atoms with Gasteiger partial charge in [-0.05, 0) is 57.9 Å². The van der Waals surface area contributed by atoms with E-state index < -0.39 is 0 Å². The fraction of sp³-hybridized carbons (Fsp3) is 0.364. The predicted octanol–water partition coefficient (Wildman–Crippen LogP) is 4.18. The molecule has 0 saturated heterocycles. The van der Waals surface area contributed by atoms with Gasteiger partial charge >= 0.3 is 0 Å². The van der Waals surface area contributed by atoms with Crippen LogP contribution in [-0.2, 0) is 11.2 Å². The lowest BCUT2D eigenvalue weighted by Gasteiger charge is -2.12. The number of carbonyl (C=O) groups excluding carboxylic acids is 1. The maximum absolute atomic E-state index is 12.2. The third-order valence-corrected chi connectivity index (χ3v) is 5.27. The summed E-state index contributed by atoms with van der Waals surface area (Å²) in [5.41, 5.74) is 2.94. The second-order valence-corrected chi connectivity index (χ2v) is 7.81. The number of thiazole rings is 1. The Bertz CT molecular complexity index is 1020. The number of amides is 1. The number of fused-ring (bicyclic) bond motifs is 1. The van der Waals surface area contributed by atoms with Crippen molar-refractivity contribution in [2.24, 2.45) is 0 Å². The molecule has 3 aromatic rings. The number of imidazole rings is 1. The van der Waals surface area contributed by atoms with E-state index in [4.69, 9.17) is 9.47 Å². The maximum Gasteiger partial charge on any atom is 0.244 e. The number of carbonyl (C=O) groups is 1. The highest BCUT2D eigenvalue weighted by molar-refractivity contribution is 7.17. The van der Waals surface area contributed by atoms with Crippen LogP contribution in [0.25, 0.3) is 11.0 Å². The summed E-state index contributed by atoms with van der Waals surface area (Å²) in [6, 6.07) is 5.89. The Labute approximate surface area is 175 Å². The molecule has 0 radical (unpaired) electrons. The summed E-state index contributed by atoms with van der Waals surface area (Å²) in [5, 5.41) is 2.93. The van der Waals surface area contributed by atoms with Gasteiger partial charge in [-0.2, -0.15) is 0 Å². The van der Waals surface area contributed by atoms with Gasteiger partial charge in [0.1, 0.15) is 0 Å². The van der Waals surface area contributed by atoms with Crippen molar-refractivity contribution in [1.29, 1.82) is 0 Å². The number of hydrogen-bond acceptors (Lipinski definition) is 5. The van der Waals surface area contributed by atoms with Crippen LogP contribution in [0.5, 0.6) is 11.5 Å². The molecule has 2 heterocycles. The van der Waals surface area contributed by atoms with Gasteiger partial charge in [0.2, 0.25) is 5.91 Å². The van der Waals surface area contributed by atoms with Crippen molar-refractivity contribution in [2.45, 2.75) is 34.1 Å². The first kappa shape index (κ1) is 20.9. The van der Waals surface area contributed by atoms with E-state index in [1.165, 1.54) is 4.88 Å². The van der Waals surface area contributed by atoms with Gasteiger partial charge in [-0.15, -0.1) is 11.3 Å². The molecule has 0 spiro atoms. The Morgan fingerprint density at radius 2 is 1.97 bits per heavy atom. The molecule has 0 bridgehead atoms. The number of aromatic nitrogens is 2. The average molecular weight is 414 g/mol. The topological polar surface area (TPSA) is 64.9 Å². The van der Waals surface area contributed by atoms with Crippen molar-refractivity contribution in [1.82, 2.24) is 14.7 Å². The largest absolute Gasteiger partial charge is 0.490 e. The van der Waals surface area contributed by atoms with Crippen molar-refractivity contribution in [2.75, 3.05) is 19.8 Å². The van der Waals surface area contributed by atoms with Gasteiger partial charge in [0.25, 0.3) is 0 Å². The van der Waals surface area contributed by atoms with Crippen molar-refractivity contribution in [3.63, 3.8) is 0 Å². The zero-order valence-corrected chi connectivity index (χ0v) is 18.1. The fourth-order valence-corrected chi connectivity index (χ4v) is 3.95. The molecule has 2 aromatic heterocycles. The molecule has 29 heavy (non-hydrogen) atoms. The minimum atomic E-state index is -0.123. The molecule has 7 heteroatoms. The highest BCUT2D eigenvalue weighted by Crippen LogP contribution is 2.28. The van der Waals surface area contributed by atoms with Crippen LogP contribution in [0.1, 0.15) is 35.7 Å². The summed E-state index contributed by atoms with van der Waals surface area (Å²) in [4.78, 5) is 18.9.